The summed E-state index contributed by atoms with van der Waals surface area (Å²) in [6.45, 7) is 0. The summed E-state index contributed by atoms with van der Waals surface area (Å²) in [6, 6.07) is 6.36. The lowest BCUT2D eigenvalue weighted by Crippen LogP contribution is -2.16. The van der Waals surface area contributed by atoms with Gasteiger partial charge in [-0.15, -0.1) is 0 Å². The number of hydrogen-bond acceptors (Lipinski definition) is 3. The molecule has 0 unspecified atom stereocenters. The fourth-order valence-corrected chi connectivity index (χ4v) is 2.28. The Bertz CT molecular complexity index is 1010. The Morgan fingerprint density at radius 3 is 2.67 bits per heavy atom. The van der Waals surface area contributed by atoms with Gasteiger partial charge in [0.05, 0.1) is 17.6 Å². The third kappa shape index (κ3) is 2.78. The van der Waals surface area contributed by atoms with Crippen LogP contribution in [0.25, 0.3) is 11.1 Å². The topological polar surface area (TPSA) is 64.2 Å². The van der Waals surface area contributed by atoms with Gasteiger partial charge < -0.3 is 9.73 Å². The summed E-state index contributed by atoms with van der Waals surface area (Å²) in [5.74, 6) is -5.60. The van der Waals surface area contributed by atoms with Crippen molar-refractivity contribution in [2.75, 3.05) is 5.32 Å². The van der Waals surface area contributed by atoms with Gasteiger partial charge in [-0.05, 0) is 29.8 Å². The van der Waals surface area contributed by atoms with E-state index in [0.29, 0.717) is 16.7 Å². The minimum Gasteiger partial charge on any atom is -0.408 e. The minimum absolute atomic E-state index is 0.145. The van der Waals surface area contributed by atoms with E-state index in [1.807, 2.05) is 0 Å². The molecular formula is C16H11F3N2O3. The number of carbonyl (C=O) groups is 1. The molecule has 0 radical (unpaired) electrons. The highest BCUT2D eigenvalue weighted by Gasteiger charge is 2.16. The first-order chi connectivity index (χ1) is 11.4. The summed E-state index contributed by atoms with van der Waals surface area (Å²) >= 11 is 0. The van der Waals surface area contributed by atoms with E-state index in [1.165, 1.54) is 17.7 Å². The van der Waals surface area contributed by atoms with Gasteiger partial charge in [0.15, 0.2) is 23.0 Å². The summed E-state index contributed by atoms with van der Waals surface area (Å²) in [5.41, 5.74) is 0.970. The van der Waals surface area contributed by atoms with Crippen LogP contribution in [0, 0.1) is 17.5 Å². The number of carbonyl (C=O) groups excluding carboxylic acids is 1. The normalized spacial score (nSPS) is 11.0. The van der Waals surface area contributed by atoms with Crippen molar-refractivity contribution in [2.24, 2.45) is 7.05 Å². The summed E-state index contributed by atoms with van der Waals surface area (Å²) in [4.78, 5) is 23.4. The number of aromatic nitrogens is 1. The number of halogens is 3. The van der Waals surface area contributed by atoms with Crippen LogP contribution in [0.1, 0.15) is 5.56 Å². The molecule has 0 spiro atoms. The molecule has 0 saturated heterocycles. The Morgan fingerprint density at radius 1 is 1.17 bits per heavy atom. The van der Waals surface area contributed by atoms with Gasteiger partial charge in [0.1, 0.15) is 0 Å². The smallest absolute Gasteiger partial charge is 0.408 e. The molecule has 0 fully saturated rings. The molecule has 0 aliphatic rings. The Hall–Kier alpha value is -3.03. The van der Waals surface area contributed by atoms with Crippen LogP contribution in [0.5, 0.6) is 0 Å². The predicted octanol–water partition coefficient (Wildman–Crippen LogP) is 2.73. The number of anilines is 1. The van der Waals surface area contributed by atoms with Gasteiger partial charge in [-0.25, -0.2) is 18.0 Å². The second kappa shape index (κ2) is 5.88. The molecule has 8 heteroatoms. The number of nitrogens with one attached hydrogen (secondary N) is 1. The Labute approximate surface area is 133 Å². The van der Waals surface area contributed by atoms with E-state index < -0.39 is 34.8 Å². The third-order valence-corrected chi connectivity index (χ3v) is 3.53. The van der Waals surface area contributed by atoms with Crippen LogP contribution < -0.4 is 11.1 Å². The van der Waals surface area contributed by atoms with Crippen molar-refractivity contribution in [1.82, 2.24) is 4.57 Å². The molecule has 1 N–H and O–H groups in total. The molecule has 5 nitrogen and oxygen atoms in total. The number of benzene rings is 2. The molecule has 124 valence electrons. The van der Waals surface area contributed by atoms with Crippen LogP contribution >= 0.6 is 0 Å². The van der Waals surface area contributed by atoms with E-state index in [2.05, 4.69) is 5.32 Å². The van der Waals surface area contributed by atoms with Crippen molar-refractivity contribution in [1.29, 1.82) is 0 Å². The van der Waals surface area contributed by atoms with Gasteiger partial charge in [-0.1, -0.05) is 6.07 Å². The van der Waals surface area contributed by atoms with Gasteiger partial charge >= 0.3 is 5.76 Å². The van der Waals surface area contributed by atoms with E-state index in [4.69, 9.17) is 4.42 Å². The van der Waals surface area contributed by atoms with Crippen LogP contribution in [0.4, 0.5) is 18.9 Å². The van der Waals surface area contributed by atoms with Gasteiger partial charge in [0.2, 0.25) is 5.91 Å². The molecule has 1 aromatic heterocycles. The Kier molecular flexibility index (Phi) is 3.88. The summed E-state index contributed by atoms with van der Waals surface area (Å²) in [5, 5.41) is 2.18. The number of oxazole rings is 1. The summed E-state index contributed by atoms with van der Waals surface area (Å²) in [6.07, 6.45) is -0.145. The van der Waals surface area contributed by atoms with Crippen molar-refractivity contribution < 1.29 is 22.4 Å². The highest BCUT2D eigenvalue weighted by atomic mass is 19.2. The predicted molar refractivity (Wildman–Crippen MR) is 80.1 cm³/mol. The molecule has 3 aromatic rings. The molecule has 24 heavy (non-hydrogen) atoms. The molecule has 1 heterocycles. The van der Waals surface area contributed by atoms with E-state index in [0.717, 1.165) is 12.1 Å². The van der Waals surface area contributed by atoms with Crippen LogP contribution in [0.2, 0.25) is 0 Å². The van der Waals surface area contributed by atoms with Crippen molar-refractivity contribution >= 4 is 22.7 Å². The number of nitrogens with zero attached hydrogens (tertiary/aromatic N) is 1. The van der Waals surface area contributed by atoms with Crippen molar-refractivity contribution in [3.05, 3.63) is 63.9 Å². The first-order valence-corrected chi connectivity index (χ1v) is 6.88. The van der Waals surface area contributed by atoms with Gasteiger partial charge in [-0.2, -0.15) is 0 Å². The number of aryl methyl sites for hydroxylation is 1. The third-order valence-electron chi connectivity index (χ3n) is 3.53. The maximum Gasteiger partial charge on any atom is 0.419 e. The van der Waals surface area contributed by atoms with Crippen molar-refractivity contribution in [2.45, 2.75) is 6.42 Å². The molecule has 0 aliphatic heterocycles. The van der Waals surface area contributed by atoms with E-state index in [9.17, 15) is 22.8 Å². The monoisotopic (exact) mass is 336 g/mol. The molecule has 0 bridgehead atoms. The number of hydrogen-bond donors (Lipinski definition) is 1. The number of rotatable bonds is 3. The van der Waals surface area contributed by atoms with Crippen molar-refractivity contribution in [3.63, 3.8) is 0 Å². The largest absolute Gasteiger partial charge is 0.419 e. The Balaban J connectivity index is 1.81. The van der Waals surface area contributed by atoms with E-state index >= 15 is 0 Å². The van der Waals surface area contributed by atoms with Crippen LogP contribution in [-0.4, -0.2) is 10.5 Å². The first-order valence-electron chi connectivity index (χ1n) is 6.88. The zero-order valence-corrected chi connectivity index (χ0v) is 12.4. The highest BCUT2D eigenvalue weighted by Crippen LogP contribution is 2.20. The maximum absolute atomic E-state index is 13.5. The minimum atomic E-state index is -1.65. The SMILES string of the molecule is Cn1c(=O)oc2ccc(CC(=O)Nc3ccc(F)c(F)c3F)cc21. The second-order valence-corrected chi connectivity index (χ2v) is 5.18. The summed E-state index contributed by atoms with van der Waals surface area (Å²) in [7, 11) is 1.52. The zero-order valence-electron chi connectivity index (χ0n) is 12.4. The first kappa shape index (κ1) is 15.9. The molecule has 3 rings (SSSR count). The fourth-order valence-electron chi connectivity index (χ4n) is 2.28. The average Bonchev–Trinajstić information content (AvgIpc) is 2.83. The van der Waals surface area contributed by atoms with Crippen molar-refractivity contribution in [3.8, 4) is 0 Å². The highest BCUT2D eigenvalue weighted by molar-refractivity contribution is 5.92. The molecule has 0 saturated carbocycles. The van der Waals surface area contributed by atoms with Gasteiger partial charge in [0.25, 0.3) is 0 Å². The van der Waals surface area contributed by atoms with E-state index in [-0.39, 0.29) is 6.42 Å². The lowest BCUT2D eigenvalue weighted by atomic mass is 10.1. The number of amides is 1. The standard InChI is InChI=1S/C16H11F3N2O3/c1-21-11-6-8(2-5-12(11)24-16(21)23)7-13(22)20-10-4-3-9(17)14(18)15(10)19/h2-6H,7H2,1H3,(H,20,22). The van der Waals surface area contributed by atoms with Crippen LogP contribution in [0.3, 0.4) is 0 Å². The van der Waals surface area contributed by atoms with Gasteiger partial charge in [-0.3, -0.25) is 9.36 Å². The zero-order chi connectivity index (χ0) is 17.4. The molecule has 0 atom stereocenters. The lowest BCUT2D eigenvalue weighted by Gasteiger charge is -2.07. The lowest BCUT2D eigenvalue weighted by molar-refractivity contribution is -0.115. The summed E-state index contributed by atoms with van der Waals surface area (Å²) < 4.78 is 45.8. The molecular weight excluding hydrogens is 325 g/mol. The van der Waals surface area contributed by atoms with Crippen LogP contribution in [-0.2, 0) is 18.3 Å². The van der Waals surface area contributed by atoms with Crippen LogP contribution in [0.15, 0.2) is 39.5 Å². The maximum atomic E-state index is 13.5. The quantitative estimate of drug-likeness (QED) is 0.748. The van der Waals surface area contributed by atoms with Gasteiger partial charge in [0, 0.05) is 7.05 Å². The molecule has 2 aromatic carbocycles. The fraction of sp³-hybridized carbons (Fsp3) is 0.125. The van der Waals surface area contributed by atoms with E-state index in [1.54, 1.807) is 12.1 Å². The molecule has 1 amide bonds. The average molecular weight is 336 g/mol. The number of fused-ring (bicyclic) bond motifs is 1. The molecule has 0 aliphatic carbocycles. The second-order valence-electron chi connectivity index (χ2n) is 5.18. The Morgan fingerprint density at radius 2 is 1.92 bits per heavy atom.